The molecule has 1 aromatic carbocycles. The van der Waals surface area contributed by atoms with Crippen LogP contribution in [-0.2, 0) is 9.59 Å². The lowest BCUT2D eigenvalue weighted by atomic mass is 10.0. The molecule has 25 heavy (non-hydrogen) atoms. The second kappa shape index (κ2) is 7.07. The minimum Gasteiger partial charge on any atom is -0.350 e. The summed E-state index contributed by atoms with van der Waals surface area (Å²) in [6, 6.07) is 11.6. The van der Waals surface area contributed by atoms with E-state index >= 15 is 0 Å². The number of nitrogens with one attached hydrogen (secondary N) is 1. The van der Waals surface area contributed by atoms with Gasteiger partial charge in [-0.3, -0.25) is 14.5 Å². The van der Waals surface area contributed by atoms with Crippen LogP contribution in [0.15, 0.2) is 60.1 Å². The summed E-state index contributed by atoms with van der Waals surface area (Å²) in [7, 11) is 0. The molecule has 3 rings (SSSR count). The summed E-state index contributed by atoms with van der Waals surface area (Å²) in [5.41, 5.74) is 2.76. The Labute approximate surface area is 151 Å². The Hall–Kier alpha value is -2.66. The number of amides is 2. The average Bonchev–Trinajstić information content (AvgIpc) is 3.19. The van der Waals surface area contributed by atoms with Crippen molar-refractivity contribution in [3.05, 3.63) is 70.6 Å². The molecular formula is C20H20N2O2S. The third-order valence-corrected chi connectivity index (χ3v) is 4.98. The van der Waals surface area contributed by atoms with Gasteiger partial charge in [-0.1, -0.05) is 38.1 Å². The molecular weight excluding hydrogens is 332 g/mol. The Balaban J connectivity index is 1.98. The second-order valence-electron chi connectivity index (χ2n) is 6.14. The second-order valence-corrected chi connectivity index (χ2v) is 7.09. The maximum absolute atomic E-state index is 12.7. The lowest BCUT2D eigenvalue weighted by molar-refractivity contribution is -0.136. The van der Waals surface area contributed by atoms with E-state index in [4.69, 9.17) is 0 Å². The van der Waals surface area contributed by atoms with E-state index in [1.807, 2.05) is 41.8 Å². The van der Waals surface area contributed by atoms with E-state index in [2.05, 4.69) is 25.7 Å². The van der Waals surface area contributed by atoms with Crippen molar-refractivity contribution in [3.8, 4) is 0 Å². The Morgan fingerprint density at radius 3 is 2.44 bits per heavy atom. The number of nitrogens with zero attached hydrogens (tertiary/aromatic N) is 1. The summed E-state index contributed by atoms with van der Waals surface area (Å²) in [4.78, 5) is 27.4. The quantitative estimate of drug-likeness (QED) is 0.624. The van der Waals surface area contributed by atoms with Crippen LogP contribution >= 0.6 is 11.3 Å². The van der Waals surface area contributed by atoms with Crippen LogP contribution in [0, 0.1) is 0 Å². The lowest BCUT2D eigenvalue weighted by Crippen LogP contribution is -2.32. The van der Waals surface area contributed by atoms with E-state index < -0.39 is 0 Å². The van der Waals surface area contributed by atoms with Gasteiger partial charge in [0.15, 0.2) is 0 Å². The number of benzene rings is 1. The fourth-order valence-electron chi connectivity index (χ4n) is 2.73. The molecule has 0 saturated carbocycles. The van der Waals surface area contributed by atoms with Crippen molar-refractivity contribution in [2.24, 2.45) is 0 Å². The van der Waals surface area contributed by atoms with Gasteiger partial charge in [0.05, 0.1) is 5.57 Å². The molecule has 4 nitrogen and oxygen atoms in total. The van der Waals surface area contributed by atoms with Gasteiger partial charge in [-0.2, -0.15) is 0 Å². The molecule has 0 bridgehead atoms. The monoisotopic (exact) mass is 352 g/mol. The van der Waals surface area contributed by atoms with Crippen LogP contribution < -0.4 is 5.32 Å². The molecule has 2 aromatic rings. The Morgan fingerprint density at radius 2 is 1.88 bits per heavy atom. The predicted molar refractivity (Wildman–Crippen MR) is 102 cm³/mol. The smallest absolute Gasteiger partial charge is 0.278 e. The van der Waals surface area contributed by atoms with Gasteiger partial charge >= 0.3 is 0 Å². The van der Waals surface area contributed by atoms with Crippen LogP contribution in [0.3, 0.4) is 0 Å². The molecule has 1 aromatic heterocycles. The molecule has 0 radical (unpaired) electrons. The van der Waals surface area contributed by atoms with Gasteiger partial charge in [-0.25, -0.2) is 0 Å². The summed E-state index contributed by atoms with van der Waals surface area (Å²) < 4.78 is 0. The Bertz CT molecular complexity index is 833. The highest BCUT2D eigenvalue weighted by atomic mass is 32.1. The fourth-order valence-corrected chi connectivity index (χ4v) is 3.50. The Morgan fingerprint density at radius 1 is 1.16 bits per heavy atom. The molecule has 1 aliphatic heterocycles. The number of anilines is 1. The highest BCUT2D eigenvalue weighted by molar-refractivity contribution is 7.11. The summed E-state index contributed by atoms with van der Waals surface area (Å²) in [5, 5.41) is 5.05. The molecule has 0 atom stereocenters. The molecule has 0 fully saturated rings. The van der Waals surface area contributed by atoms with Crippen molar-refractivity contribution in [2.75, 3.05) is 11.9 Å². The third kappa shape index (κ3) is 3.28. The average molecular weight is 352 g/mol. The summed E-state index contributed by atoms with van der Waals surface area (Å²) in [6.07, 6.45) is 1.56. The molecule has 0 spiro atoms. The third-order valence-electron chi connectivity index (χ3n) is 4.09. The van der Waals surface area contributed by atoms with Crippen molar-refractivity contribution < 1.29 is 9.59 Å². The minimum absolute atomic E-state index is 0.198. The van der Waals surface area contributed by atoms with E-state index in [9.17, 15) is 9.59 Å². The standard InChI is InChI=1S/C20H20N2O2S/c1-4-11-22-19(23)17(16-6-5-12-25-16)18(20(22)24)21-15-9-7-14(8-10-15)13(2)3/h4-10,12-13,21H,1,11H2,2-3H3. The van der Waals surface area contributed by atoms with Gasteiger partial charge < -0.3 is 5.32 Å². The molecule has 5 heteroatoms. The van der Waals surface area contributed by atoms with E-state index in [-0.39, 0.29) is 18.4 Å². The van der Waals surface area contributed by atoms with Crippen LogP contribution in [0.4, 0.5) is 5.69 Å². The first kappa shape index (κ1) is 17.2. The highest BCUT2D eigenvalue weighted by Crippen LogP contribution is 2.32. The zero-order chi connectivity index (χ0) is 18.0. The molecule has 0 saturated heterocycles. The van der Waals surface area contributed by atoms with Gasteiger partial charge in [0.25, 0.3) is 11.8 Å². The number of hydrogen-bond acceptors (Lipinski definition) is 4. The predicted octanol–water partition coefficient (Wildman–Crippen LogP) is 4.25. The van der Waals surface area contributed by atoms with Crippen LogP contribution in [-0.4, -0.2) is 23.3 Å². The molecule has 0 aliphatic carbocycles. The molecule has 2 amide bonds. The van der Waals surface area contributed by atoms with Crippen LogP contribution in [0.2, 0.25) is 0 Å². The topological polar surface area (TPSA) is 49.4 Å². The summed E-state index contributed by atoms with van der Waals surface area (Å²) in [6.45, 7) is 8.09. The largest absolute Gasteiger partial charge is 0.350 e. The van der Waals surface area contributed by atoms with Crippen LogP contribution in [0.1, 0.15) is 30.2 Å². The van der Waals surface area contributed by atoms with E-state index in [1.54, 1.807) is 6.08 Å². The van der Waals surface area contributed by atoms with Crippen molar-refractivity contribution in [1.29, 1.82) is 0 Å². The van der Waals surface area contributed by atoms with Crippen molar-refractivity contribution in [1.82, 2.24) is 4.90 Å². The van der Waals surface area contributed by atoms with Gasteiger partial charge in [0.2, 0.25) is 0 Å². The van der Waals surface area contributed by atoms with Crippen LogP contribution in [0.25, 0.3) is 5.57 Å². The number of hydrogen-bond donors (Lipinski definition) is 1. The maximum atomic E-state index is 12.7. The first-order chi connectivity index (χ1) is 12.0. The minimum atomic E-state index is -0.318. The van der Waals surface area contributed by atoms with E-state index in [1.165, 1.54) is 21.8 Å². The number of carbonyl (C=O) groups excluding carboxylic acids is 2. The number of thiophene rings is 1. The summed E-state index contributed by atoms with van der Waals surface area (Å²) >= 11 is 1.44. The molecule has 0 unspecified atom stereocenters. The van der Waals surface area contributed by atoms with Gasteiger partial charge in [0.1, 0.15) is 5.70 Å². The number of carbonyl (C=O) groups is 2. The Kier molecular flexibility index (Phi) is 4.86. The molecule has 2 heterocycles. The highest BCUT2D eigenvalue weighted by Gasteiger charge is 2.38. The lowest BCUT2D eigenvalue weighted by Gasteiger charge is -2.13. The molecule has 1 N–H and O–H groups in total. The summed E-state index contributed by atoms with van der Waals surface area (Å²) in [5.74, 6) is -0.164. The zero-order valence-corrected chi connectivity index (χ0v) is 15.1. The van der Waals surface area contributed by atoms with Gasteiger partial charge in [-0.15, -0.1) is 17.9 Å². The molecule has 128 valence electrons. The van der Waals surface area contributed by atoms with Crippen LogP contribution in [0.5, 0.6) is 0 Å². The van der Waals surface area contributed by atoms with Gasteiger partial charge in [0, 0.05) is 17.1 Å². The van der Waals surface area contributed by atoms with Gasteiger partial charge in [-0.05, 0) is 35.1 Å². The maximum Gasteiger partial charge on any atom is 0.278 e. The van der Waals surface area contributed by atoms with Crippen molar-refractivity contribution in [3.63, 3.8) is 0 Å². The first-order valence-electron chi connectivity index (χ1n) is 8.15. The van der Waals surface area contributed by atoms with E-state index in [0.717, 1.165) is 10.6 Å². The van der Waals surface area contributed by atoms with Crippen molar-refractivity contribution >= 4 is 34.4 Å². The SMILES string of the molecule is C=CCN1C(=O)C(Nc2ccc(C(C)C)cc2)=C(c2cccs2)C1=O. The number of rotatable bonds is 6. The van der Waals surface area contributed by atoms with Crippen molar-refractivity contribution in [2.45, 2.75) is 19.8 Å². The van der Waals surface area contributed by atoms with E-state index in [0.29, 0.717) is 17.2 Å². The number of imide groups is 1. The molecule has 1 aliphatic rings. The fraction of sp³-hybridized carbons (Fsp3) is 0.200. The first-order valence-corrected chi connectivity index (χ1v) is 9.03. The normalized spacial score (nSPS) is 14.6. The zero-order valence-electron chi connectivity index (χ0n) is 14.3.